The summed E-state index contributed by atoms with van der Waals surface area (Å²) >= 11 is 6.15. The van der Waals surface area contributed by atoms with Crippen molar-refractivity contribution in [1.29, 1.82) is 0 Å². The molecule has 0 unspecified atom stereocenters. The highest BCUT2D eigenvalue weighted by Gasteiger charge is 2.13. The molecule has 1 aliphatic rings. The second-order valence-electron chi connectivity index (χ2n) is 5.04. The number of hydrogen-bond donors (Lipinski definition) is 3. The van der Waals surface area contributed by atoms with E-state index in [2.05, 4.69) is 28.8 Å². The van der Waals surface area contributed by atoms with Crippen molar-refractivity contribution in [1.82, 2.24) is 0 Å². The van der Waals surface area contributed by atoms with Gasteiger partial charge in [-0.1, -0.05) is 29.8 Å². The molecular formula is C16H16ClN3O. The molecule has 1 aliphatic heterocycles. The topological polar surface area (TPSA) is 67.2 Å². The van der Waals surface area contributed by atoms with Crippen LogP contribution in [0, 0.1) is 0 Å². The number of anilines is 2. The van der Waals surface area contributed by atoms with Crippen LogP contribution in [0.2, 0.25) is 5.02 Å². The van der Waals surface area contributed by atoms with Gasteiger partial charge in [0.2, 0.25) is 5.91 Å². The Hall–Kier alpha value is -2.20. The van der Waals surface area contributed by atoms with Gasteiger partial charge in [-0.2, -0.15) is 0 Å². The van der Waals surface area contributed by atoms with Crippen LogP contribution in [0.25, 0.3) is 0 Å². The van der Waals surface area contributed by atoms with Crippen molar-refractivity contribution < 1.29 is 4.79 Å². The molecule has 2 aromatic carbocycles. The molecule has 0 aliphatic carbocycles. The van der Waals surface area contributed by atoms with Crippen molar-refractivity contribution >= 4 is 28.9 Å². The summed E-state index contributed by atoms with van der Waals surface area (Å²) in [5.41, 5.74) is 10.2. The van der Waals surface area contributed by atoms with Crippen LogP contribution in [0.5, 0.6) is 0 Å². The number of nitrogens with one attached hydrogen (secondary N) is 2. The van der Waals surface area contributed by atoms with E-state index in [0.717, 1.165) is 13.0 Å². The van der Waals surface area contributed by atoms with Crippen molar-refractivity contribution in [2.24, 2.45) is 5.73 Å². The van der Waals surface area contributed by atoms with Crippen LogP contribution in [0.3, 0.4) is 0 Å². The predicted molar refractivity (Wildman–Crippen MR) is 85.9 cm³/mol. The smallest absolute Gasteiger partial charge is 0.248 e. The number of halogens is 1. The number of para-hydroxylation sites is 1. The SMILES string of the molecule is NC(=O)c1ccc(Cl)c(NCc2cccc3c2NCC3)c1. The standard InChI is InChI=1S/C16H16ClN3O/c17-13-5-4-11(16(18)21)8-14(13)20-9-12-3-1-2-10-6-7-19-15(10)12/h1-5,8,19-20H,6-7,9H2,(H2,18,21). The molecule has 0 spiro atoms. The van der Waals surface area contributed by atoms with Crippen LogP contribution in [0.15, 0.2) is 36.4 Å². The van der Waals surface area contributed by atoms with E-state index in [1.165, 1.54) is 16.8 Å². The zero-order valence-electron chi connectivity index (χ0n) is 11.4. The van der Waals surface area contributed by atoms with Crippen molar-refractivity contribution in [3.63, 3.8) is 0 Å². The Labute approximate surface area is 128 Å². The van der Waals surface area contributed by atoms with E-state index in [1.54, 1.807) is 18.2 Å². The quantitative estimate of drug-likeness (QED) is 0.813. The van der Waals surface area contributed by atoms with Crippen LogP contribution >= 0.6 is 11.6 Å². The normalized spacial score (nSPS) is 12.6. The Morgan fingerprint density at radius 1 is 1.33 bits per heavy atom. The molecule has 1 heterocycles. The summed E-state index contributed by atoms with van der Waals surface area (Å²) in [6.45, 7) is 1.61. The van der Waals surface area contributed by atoms with Gasteiger partial charge in [0.1, 0.15) is 0 Å². The second kappa shape index (κ2) is 5.66. The number of rotatable bonds is 4. The fourth-order valence-corrected chi connectivity index (χ4v) is 2.75. The summed E-state index contributed by atoms with van der Waals surface area (Å²) in [7, 11) is 0. The first-order valence-electron chi connectivity index (χ1n) is 6.83. The van der Waals surface area contributed by atoms with Gasteiger partial charge in [-0.3, -0.25) is 4.79 Å². The molecule has 21 heavy (non-hydrogen) atoms. The van der Waals surface area contributed by atoms with Gasteiger partial charge in [0, 0.05) is 24.3 Å². The Bertz CT molecular complexity index is 700. The van der Waals surface area contributed by atoms with Crippen molar-refractivity contribution in [2.75, 3.05) is 17.2 Å². The molecule has 0 saturated heterocycles. The number of primary amides is 1. The van der Waals surface area contributed by atoms with Crippen molar-refractivity contribution in [2.45, 2.75) is 13.0 Å². The van der Waals surface area contributed by atoms with E-state index >= 15 is 0 Å². The van der Waals surface area contributed by atoms with E-state index < -0.39 is 5.91 Å². The highest BCUT2D eigenvalue weighted by Crippen LogP contribution is 2.28. The summed E-state index contributed by atoms with van der Waals surface area (Å²) in [6.07, 6.45) is 1.06. The van der Waals surface area contributed by atoms with Gasteiger partial charge in [0.25, 0.3) is 0 Å². The number of carbonyl (C=O) groups is 1. The molecule has 5 heteroatoms. The average molecular weight is 302 g/mol. The molecule has 3 rings (SSSR count). The second-order valence-corrected chi connectivity index (χ2v) is 5.45. The molecule has 0 saturated carbocycles. The van der Waals surface area contributed by atoms with Gasteiger partial charge < -0.3 is 16.4 Å². The molecule has 0 radical (unpaired) electrons. The Balaban J connectivity index is 1.81. The molecule has 4 nitrogen and oxygen atoms in total. The molecule has 1 amide bonds. The maximum Gasteiger partial charge on any atom is 0.248 e. The van der Waals surface area contributed by atoms with Crippen LogP contribution < -0.4 is 16.4 Å². The van der Waals surface area contributed by atoms with Crippen molar-refractivity contribution in [3.05, 3.63) is 58.1 Å². The first kappa shape index (κ1) is 13.8. The third-order valence-electron chi connectivity index (χ3n) is 3.65. The molecule has 0 bridgehead atoms. The van der Waals surface area contributed by atoms with Crippen molar-refractivity contribution in [3.8, 4) is 0 Å². The van der Waals surface area contributed by atoms with E-state index in [1.807, 2.05) is 0 Å². The maximum atomic E-state index is 11.2. The predicted octanol–water partition coefficient (Wildman–Crippen LogP) is 3.02. The molecule has 4 N–H and O–H groups in total. The summed E-state index contributed by atoms with van der Waals surface area (Å²) in [5, 5.41) is 7.25. The molecule has 108 valence electrons. The highest BCUT2D eigenvalue weighted by molar-refractivity contribution is 6.33. The maximum absolute atomic E-state index is 11.2. The zero-order chi connectivity index (χ0) is 14.8. The fraction of sp³-hybridized carbons (Fsp3) is 0.188. The van der Waals surface area contributed by atoms with E-state index in [9.17, 15) is 4.79 Å². The van der Waals surface area contributed by atoms with Gasteiger partial charge in [0.15, 0.2) is 0 Å². The van der Waals surface area contributed by atoms with E-state index in [4.69, 9.17) is 17.3 Å². The minimum Gasteiger partial charge on any atom is -0.384 e. The van der Waals surface area contributed by atoms with Gasteiger partial charge in [-0.15, -0.1) is 0 Å². The fourth-order valence-electron chi connectivity index (χ4n) is 2.56. The number of fused-ring (bicyclic) bond motifs is 1. The minimum atomic E-state index is -0.461. The number of hydrogen-bond acceptors (Lipinski definition) is 3. The number of nitrogens with two attached hydrogens (primary N) is 1. The lowest BCUT2D eigenvalue weighted by molar-refractivity contribution is 0.100. The highest BCUT2D eigenvalue weighted by atomic mass is 35.5. The number of carbonyl (C=O) groups excluding carboxylic acids is 1. The first-order valence-corrected chi connectivity index (χ1v) is 7.21. The van der Waals surface area contributed by atoms with E-state index in [0.29, 0.717) is 22.8 Å². The van der Waals surface area contributed by atoms with Gasteiger partial charge in [-0.25, -0.2) is 0 Å². The van der Waals surface area contributed by atoms with Gasteiger partial charge >= 0.3 is 0 Å². The lowest BCUT2D eigenvalue weighted by Gasteiger charge is -2.12. The zero-order valence-corrected chi connectivity index (χ0v) is 12.2. The Morgan fingerprint density at radius 3 is 3.00 bits per heavy atom. The molecule has 0 atom stereocenters. The summed E-state index contributed by atoms with van der Waals surface area (Å²) in [4.78, 5) is 11.2. The summed E-state index contributed by atoms with van der Waals surface area (Å²) in [6, 6.07) is 11.3. The lowest BCUT2D eigenvalue weighted by Crippen LogP contribution is -2.11. The van der Waals surface area contributed by atoms with Crippen LogP contribution in [0.4, 0.5) is 11.4 Å². The molecule has 0 fully saturated rings. The van der Waals surface area contributed by atoms with Gasteiger partial charge in [-0.05, 0) is 35.7 Å². The van der Waals surface area contributed by atoms with Crippen LogP contribution in [0.1, 0.15) is 21.5 Å². The van der Waals surface area contributed by atoms with Crippen LogP contribution in [-0.4, -0.2) is 12.5 Å². The number of amides is 1. The number of benzene rings is 2. The van der Waals surface area contributed by atoms with Crippen LogP contribution in [-0.2, 0) is 13.0 Å². The first-order chi connectivity index (χ1) is 10.1. The summed E-state index contributed by atoms with van der Waals surface area (Å²) in [5.74, 6) is -0.461. The average Bonchev–Trinajstić information content (AvgIpc) is 2.95. The van der Waals surface area contributed by atoms with E-state index in [-0.39, 0.29) is 0 Å². The van der Waals surface area contributed by atoms with Gasteiger partial charge in [0.05, 0.1) is 10.7 Å². The summed E-state index contributed by atoms with van der Waals surface area (Å²) < 4.78 is 0. The third-order valence-corrected chi connectivity index (χ3v) is 3.98. The lowest BCUT2D eigenvalue weighted by atomic mass is 10.1. The monoisotopic (exact) mass is 301 g/mol. The molecule has 2 aromatic rings. The Kier molecular flexibility index (Phi) is 3.71. The Morgan fingerprint density at radius 2 is 2.19 bits per heavy atom. The minimum absolute atomic E-state index is 0.443. The third kappa shape index (κ3) is 2.81. The molecular weight excluding hydrogens is 286 g/mol. The largest absolute Gasteiger partial charge is 0.384 e. The molecule has 0 aromatic heterocycles.